The van der Waals surface area contributed by atoms with Gasteiger partial charge >= 0.3 is 0 Å². The van der Waals surface area contributed by atoms with Gasteiger partial charge in [0.05, 0.1) is 4.90 Å². The highest BCUT2D eigenvalue weighted by molar-refractivity contribution is 7.89. The molecule has 5 nitrogen and oxygen atoms in total. The highest BCUT2D eigenvalue weighted by atomic mass is 32.2. The number of fused-ring (bicyclic) bond motifs is 1. The lowest BCUT2D eigenvalue weighted by molar-refractivity contribution is -0.131. The van der Waals surface area contributed by atoms with Gasteiger partial charge in [-0.3, -0.25) is 4.79 Å². The summed E-state index contributed by atoms with van der Waals surface area (Å²) in [5.41, 5.74) is 0. The summed E-state index contributed by atoms with van der Waals surface area (Å²) in [6, 6.07) is 12.6. The second-order valence-corrected chi connectivity index (χ2v) is 7.80. The molecule has 0 aliphatic heterocycles. The molecule has 0 unspecified atom stereocenters. The molecule has 0 saturated heterocycles. The minimum Gasteiger partial charge on any atom is -0.343 e. The van der Waals surface area contributed by atoms with Gasteiger partial charge in [-0.05, 0) is 35.7 Å². The van der Waals surface area contributed by atoms with Gasteiger partial charge in [-0.2, -0.15) is 0 Å². The van der Waals surface area contributed by atoms with Gasteiger partial charge in [-0.1, -0.05) is 44.2 Å². The SMILES string of the molecule is CCCN(CCC)C(=O)CCNS(=O)(=O)c1ccc2ccccc2c1. The van der Waals surface area contributed by atoms with Crippen molar-refractivity contribution in [3.05, 3.63) is 42.5 Å². The predicted molar refractivity (Wildman–Crippen MR) is 101 cm³/mol. The van der Waals surface area contributed by atoms with Crippen LogP contribution < -0.4 is 4.72 Å². The van der Waals surface area contributed by atoms with E-state index in [-0.39, 0.29) is 23.8 Å². The van der Waals surface area contributed by atoms with Gasteiger partial charge in [0.1, 0.15) is 0 Å². The minimum absolute atomic E-state index is 0.00934. The van der Waals surface area contributed by atoms with Crippen molar-refractivity contribution in [3.8, 4) is 0 Å². The Morgan fingerprint density at radius 2 is 1.64 bits per heavy atom. The summed E-state index contributed by atoms with van der Waals surface area (Å²) in [7, 11) is -3.62. The number of rotatable bonds is 9. The predicted octanol–water partition coefficient (Wildman–Crippen LogP) is 3.16. The first-order chi connectivity index (χ1) is 12.0. The van der Waals surface area contributed by atoms with E-state index in [9.17, 15) is 13.2 Å². The van der Waals surface area contributed by atoms with Crippen molar-refractivity contribution in [1.29, 1.82) is 0 Å². The van der Waals surface area contributed by atoms with Crippen LogP contribution in [0.3, 0.4) is 0 Å². The maximum absolute atomic E-state index is 12.4. The summed E-state index contributed by atoms with van der Waals surface area (Å²) < 4.78 is 27.4. The second kappa shape index (κ2) is 8.97. The van der Waals surface area contributed by atoms with Crippen LogP contribution in [0.2, 0.25) is 0 Å². The summed E-state index contributed by atoms with van der Waals surface area (Å²) in [5, 5.41) is 1.87. The molecule has 0 saturated carbocycles. The monoisotopic (exact) mass is 362 g/mol. The molecular formula is C19H26N2O3S. The first-order valence-corrected chi connectivity index (χ1v) is 10.2. The Hall–Kier alpha value is -1.92. The molecule has 1 N–H and O–H groups in total. The molecule has 0 aliphatic rings. The maximum atomic E-state index is 12.4. The number of nitrogens with one attached hydrogen (secondary N) is 1. The highest BCUT2D eigenvalue weighted by Gasteiger charge is 2.16. The van der Waals surface area contributed by atoms with Gasteiger partial charge in [-0.15, -0.1) is 0 Å². The van der Waals surface area contributed by atoms with E-state index in [1.54, 1.807) is 23.1 Å². The molecule has 0 aliphatic carbocycles. The lowest BCUT2D eigenvalue weighted by Gasteiger charge is -2.21. The molecule has 0 fully saturated rings. The van der Waals surface area contributed by atoms with Crippen LogP contribution in [0.4, 0.5) is 0 Å². The Bertz CT molecular complexity index is 812. The highest BCUT2D eigenvalue weighted by Crippen LogP contribution is 2.18. The van der Waals surface area contributed by atoms with Crippen LogP contribution in [0.1, 0.15) is 33.1 Å². The molecule has 0 aromatic heterocycles. The lowest BCUT2D eigenvalue weighted by Crippen LogP contribution is -2.35. The minimum atomic E-state index is -3.62. The zero-order chi connectivity index (χ0) is 18.3. The van der Waals surface area contributed by atoms with Crippen molar-refractivity contribution in [2.45, 2.75) is 38.0 Å². The number of hydrogen-bond donors (Lipinski definition) is 1. The number of benzene rings is 2. The van der Waals surface area contributed by atoms with E-state index < -0.39 is 10.0 Å². The zero-order valence-corrected chi connectivity index (χ0v) is 15.7. The summed E-state index contributed by atoms with van der Waals surface area (Å²) in [5.74, 6) is -0.00934. The average molecular weight is 362 g/mol. The smallest absolute Gasteiger partial charge is 0.240 e. The maximum Gasteiger partial charge on any atom is 0.240 e. The summed E-state index contributed by atoms with van der Waals surface area (Å²) in [4.78, 5) is 14.2. The normalized spacial score (nSPS) is 11.6. The van der Waals surface area contributed by atoms with Crippen LogP contribution in [0.5, 0.6) is 0 Å². The molecule has 0 bridgehead atoms. The first kappa shape index (κ1) is 19.4. The largest absolute Gasteiger partial charge is 0.343 e. The molecule has 2 aromatic rings. The van der Waals surface area contributed by atoms with Crippen molar-refractivity contribution in [2.24, 2.45) is 0 Å². The molecule has 6 heteroatoms. The topological polar surface area (TPSA) is 66.5 Å². The lowest BCUT2D eigenvalue weighted by atomic mass is 10.1. The fourth-order valence-electron chi connectivity index (χ4n) is 2.77. The van der Waals surface area contributed by atoms with E-state index in [1.165, 1.54) is 0 Å². The molecule has 0 spiro atoms. The van der Waals surface area contributed by atoms with Crippen LogP contribution in [0, 0.1) is 0 Å². The first-order valence-electron chi connectivity index (χ1n) is 8.74. The van der Waals surface area contributed by atoms with Gasteiger partial charge in [0.15, 0.2) is 0 Å². The zero-order valence-electron chi connectivity index (χ0n) is 14.9. The third kappa shape index (κ3) is 5.28. The Labute approximate surface area is 150 Å². The molecule has 136 valence electrons. The van der Waals surface area contributed by atoms with Crippen molar-refractivity contribution >= 4 is 26.7 Å². The number of hydrogen-bond acceptors (Lipinski definition) is 3. The fourth-order valence-corrected chi connectivity index (χ4v) is 3.84. The van der Waals surface area contributed by atoms with Crippen molar-refractivity contribution in [2.75, 3.05) is 19.6 Å². The molecule has 0 radical (unpaired) electrons. The average Bonchev–Trinajstić information content (AvgIpc) is 2.61. The van der Waals surface area contributed by atoms with Crippen LogP contribution >= 0.6 is 0 Å². The Morgan fingerprint density at radius 1 is 1.00 bits per heavy atom. The molecule has 25 heavy (non-hydrogen) atoms. The number of sulfonamides is 1. The fraction of sp³-hybridized carbons (Fsp3) is 0.421. The third-order valence-corrected chi connectivity index (χ3v) is 5.46. The van der Waals surface area contributed by atoms with Crippen LogP contribution in [-0.4, -0.2) is 38.9 Å². The number of amides is 1. The van der Waals surface area contributed by atoms with Crippen molar-refractivity contribution in [3.63, 3.8) is 0 Å². The summed E-state index contributed by atoms with van der Waals surface area (Å²) in [6.07, 6.45) is 1.97. The molecule has 0 heterocycles. The van der Waals surface area contributed by atoms with Crippen molar-refractivity contribution < 1.29 is 13.2 Å². The van der Waals surface area contributed by atoms with Gasteiger partial charge in [0.25, 0.3) is 0 Å². The Morgan fingerprint density at radius 3 is 2.28 bits per heavy atom. The van der Waals surface area contributed by atoms with Crippen LogP contribution in [-0.2, 0) is 14.8 Å². The van der Waals surface area contributed by atoms with Gasteiger partial charge in [0.2, 0.25) is 15.9 Å². The third-order valence-electron chi connectivity index (χ3n) is 4.00. The number of carbonyl (C=O) groups excluding carboxylic acids is 1. The van der Waals surface area contributed by atoms with Crippen LogP contribution in [0.15, 0.2) is 47.4 Å². The quantitative estimate of drug-likeness (QED) is 0.745. The van der Waals surface area contributed by atoms with E-state index in [4.69, 9.17) is 0 Å². The van der Waals surface area contributed by atoms with Gasteiger partial charge in [0, 0.05) is 26.1 Å². The van der Waals surface area contributed by atoms with Gasteiger partial charge < -0.3 is 4.90 Å². The Kier molecular flexibility index (Phi) is 6.96. The van der Waals surface area contributed by atoms with E-state index in [2.05, 4.69) is 4.72 Å². The van der Waals surface area contributed by atoms with E-state index >= 15 is 0 Å². The Balaban J connectivity index is 1.99. The molecule has 2 rings (SSSR count). The van der Waals surface area contributed by atoms with E-state index in [1.807, 2.05) is 38.1 Å². The number of nitrogens with zero attached hydrogens (tertiary/aromatic N) is 1. The molecule has 1 amide bonds. The second-order valence-electron chi connectivity index (χ2n) is 6.04. The number of carbonyl (C=O) groups is 1. The van der Waals surface area contributed by atoms with Gasteiger partial charge in [-0.25, -0.2) is 13.1 Å². The molecule has 0 atom stereocenters. The molecule has 2 aromatic carbocycles. The molecular weight excluding hydrogens is 336 g/mol. The van der Waals surface area contributed by atoms with E-state index in [0.717, 1.165) is 23.6 Å². The summed E-state index contributed by atoms with van der Waals surface area (Å²) >= 11 is 0. The van der Waals surface area contributed by atoms with Crippen molar-refractivity contribution in [1.82, 2.24) is 9.62 Å². The van der Waals surface area contributed by atoms with E-state index in [0.29, 0.717) is 13.1 Å². The standard InChI is InChI=1S/C19H26N2O3S/c1-3-13-21(14-4-2)19(22)11-12-20-25(23,24)18-10-9-16-7-5-6-8-17(16)15-18/h5-10,15,20H,3-4,11-14H2,1-2H3. The summed E-state index contributed by atoms with van der Waals surface area (Å²) in [6.45, 7) is 5.59. The van der Waals surface area contributed by atoms with Crippen LogP contribution in [0.25, 0.3) is 10.8 Å².